The third-order valence-corrected chi connectivity index (χ3v) is 4.96. The fraction of sp³-hybridized carbons (Fsp3) is 0.600. The van der Waals surface area contributed by atoms with Gasteiger partial charge in [-0.2, -0.15) is 0 Å². The molecule has 2 unspecified atom stereocenters. The van der Waals surface area contributed by atoms with Gasteiger partial charge >= 0.3 is 0 Å². The molecule has 0 saturated heterocycles. The van der Waals surface area contributed by atoms with Crippen LogP contribution in [0, 0.1) is 12.3 Å². The highest BCUT2D eigenvalue weighted by molar-refractivity contribution is 9.10. The maximum Gasteiger partial charge on any atom is 0.122 e. The quantitative estimate of drug-likeness (QED) is 0.908. The maximum atomic E-state index is 10.0. The first-order valence-electron chi connectivity index (χ1n) is 6.64. The van der Waals surface area contributed by atoms with E-state index >= 15 is 0 Å². The summed E-state index contributed by atoms with van der Waals surface area (Å²) in [7, 11) is 0. The minimum Gasteiger partial charge on any atom is -0.489 e. The highest BCUT2D eigenvalue weighted by Crippen LogP contribution is 2.49. The highest BCUT2D eigenvalue weighted by Gasteiger charge is 2.53. The van der Waals surface area contributed by atoms with E-state index in [0.29, 0.717) is 0 Å². The van der Waals surface area contributed by atoms with Crippen LogP contribution in [0.1, 0.15) is 38.7 Å². The molecule has 1 aliphatic rings. The first kappa shape index (κ1) is 13.9. The lowest BCUT2D eigenvalue weighted by molar-refractivity contribution is -0.159. The molecule has 1 aromatic rings. The van der Waals surface area contributed by atoms with Crippen LogP contribution in [0.5, 0.6) is 5.75 Å². The molecule has 0 aliphatic heterocycles. The van der Waals surface area contributed by atoms with Gasteiger partial charge in [0.15, 0.2) is 0 Å². The monoisotopic (exact) mass is 312 g/mol. The number of aliphatic hydroxyl groups excluding tert-OH is 1. The van der Waals surface area contributed by atoms with Gasteiger partial charge in [-0.15, -0.1) is 0 Å². The van der Waals surface area contributed by atoms with Crippen LogP contribution < -0.4 is 4.74 Å². The van der Waals surface area contributed by atoms with Crippen molar-refractivity contribution in [1.82, 2.24) is 0 Å². The Balaban J connectivity index is 2.15. The smallest absolute Gasteiger partial charge is 0.122 e. The van der Waals surface area contributed by atoms with E-state index in [1.54, 1.807) is 0 Å². The van der Waals surface area contributed by atoms with Crippen molar-refractivity contribution in [1.29, 1.82) is 0 Å². The summed E-state index contributed by atoms with van der Waals surface area (Å²) in [4.78, 5) is 0. The standard InChI is InChI=1S/C15H21BrO2/c1-4-15(5-2)13(17)9-14(15)18-12-7-6-11(16)8-10(12)3/h6-8,13-14,17H,4-5,9H2,1-3H3. The van der Waals surface area contributed by atoms with E-state index in [4.69, 9.17) is 4.74 Å². The lowest BCUT2D eigenvalue weighted by atomic mass is 9.60. The van der Waals surface area contributed by atoms with Crippen molar-refractivity contribution in [3.8, 4) is 5.75 Å². The lowest BCUT2D eigenvalue weighted by Crippen LogP contribution is -2.59. The SMILES string of the molecule is CCC1(CC)C(O)CC1Oc1ccc(Br)cc1C. The summed E-state index contributed by atoms with van der Waals surface area (Å²) >= 11 is 3.46. The molecule has 2 atom stereocenters. The molecule has 2 nitrogen and oxygen atoms in total. The van der Waals surface area contributed by atoms with Gasteiger partial charge in [0, 0.05) is 16.3 Å². The molecule has 1 fully saturated rings. The summed E-state index contributed by atoms with van der Waals surface area (Å²) in [6.45, 7) is 6.32. The minimum atomic E-state index is -0.215. The van der Waals surface area contributed by atoms with Crippen LogP contribution in [-0.2, 0) is 0 Å². The summed E-state index contributed by atoms with van der Waals surface area (Å²) < 4.78 is 7.19. The minimum absolute atomic E-state index is 0.0560. The second-order valence-corrected chi connectivity index (χ2v) is 6.12. The number of aryl methyl sites for hydroxylation is 1. The Bertz CT molecular complexity index is 427. The van der Waals surface area contributed by atoms with Crippen LogP contribution in [0.15, 0.2) is 22.7 Å². The molecule has 1 aromatic carbocycles. The number of hydrogen-bond acceptors (Lipinski definition) is 2. The summed E-state index contributed by atoms with van der Waals surface area (Å²) in [5, 5.41) is 10.0. The number of aliphatic hydroxyl groups is 1. The summed E-state index contributed by atoms with van der Waals surface area (Å²) in [5.74, 6) is 0.932. The van der Waals surface area contributed by atoms with E-state index in [1.165, 1.54) is 0 Å². The van der Waals surface area contributed by atoms with Gasteiger partial charge in [0.05, 0.1) is 6.10 Å². The average Bonchev–Trinajstić information content (AvgIpc) is 2.33. The Morgan fingerprint density at radius 2 is 2.06 bits per heavy atom. The molecule has 0 bridgehead atoms. The van der Waals surface area contributed by atoms with Gasteiger partial charge in [-0.05, 0) is 43.5 Å². The van der Waals surface area contributed by atoms with E-state index in [1.807, 2.05) is 12.1 Å². The molecular weight excluding hydrogens is 292 g/mol. The van der Waals surface area contributed by atoms with Crippen LogP contribution in [0.4, 0.5) is 0 Å². The molecule has 2 rings (SSSR count). The average molecular weight is 313 g/mol. The topological polar surface area (TPSA) is 29.5 Å². The maximum absolute atomic E-state index is 10.0. The largest absolute Gasteiger partial charge is 0.489 e. The molecule has 18 heavy (non-hydrogen) atoms. The zero-order valence-electron chi connectivity index (χ0n) is 11.2. The number of benzene rings is 1. The number of halogens is 1. The molecule has 1 N–H and O–H groups in total. The third-order valence-electron chi connectivity index (χ3n) is 4.46. The van der Waals surface area contributed by atoms with Crippen LogP contribution >= 0.6 is 15.9 Å². The van der Waals surface area contributed by atoms with Crippen molar-refractivity contribution in [2.75, 3.05) is 0 Å². The van der Waals surface area contributed by atoms with E-state index < -0.39 is 0 Å². The van der Waals surface area contributed by atoms with Crippen LogP contribution in [0.3, 0.4) is 0 Å². The van der Waals surface area contributed by atoms with Crippen molar-refractivity contribution >= 4 is 15.9 Å². The fourth-order valence-corrected chi connectivity index (χ4v) is 3.44. The van der Waals surface area contributed by atoms with Crippen molar-refractivity contribution < 1.29 is 9.84 Å². The molecule has 0 radical (unpaired) electrons. The Morgan fingerprint density at radius 3 is 2.56 bits per heavy atom. The van der Waals surface area contributed by atoms with E-state index in [0.717, 1.165) is 35.0 Å². The van der Waals surface area contributed by atoms with Gasteiger partial charge in [-0.25, -0.2) is 0 Å². The zero-order chi connectivity index (χ0) is 13.3. The van der Waals surface area contributed by atoms with E-state index in [-0.39, 0.29) is 17.6 Å². The van der Waals surface area contributed by atoms with Gasteiger partial charge in [0.25, 0.3) is 0 Å². The molecule has 0 aromatic heterocycles. The Hall–Kier alpha value is -0.540. The van der Waals surface area contributed by atoms with Gasteiger partial charge in [0.1, 0.15) is 11.9 Å². The summed E-state index contributed by atoms with van der Waals surface area (Å²) in [6, 6.07) is 6.06. The van der Waals surface area contributed by atoms with Crippen molar-refractivity contribution in [3.63, 3.8) is 0 Å². The van der Waals surface area contributed by atoms with Crippen LogP contribution in [0.25, 0.3) is 0 Å². The summed E-state index contributed by atoms with van der Waals surface area (Å²) in [5.41, 5.74) is 1.08. The second kappa shape index (κ2) is 5.22. The molecule has 1 saturated carbocycles. The number of rotatable bonds is 4. The molecule has 100 valence electrons. The van der Waals surface area contributed by atoms with Crippen molar-refractivity contribution in [2.45, 2.75) is 52.2 Å². The van der Waals surface area contributed by atoms with Gasteiger partial charge in [-0.1, -0.05) is 29.8 Å². The summed E-state index contributed by atoms with van der Waals surface area (Å²) in [6.07, 6.45) is 2.60. The molecular formula is C15H21BrO2. The zero-order valence-corrected chi connectivity index (χ0v) is 12.8. The van der Waals surface area contributed by atoms with E-state index in [9.17, 15) is 5.11 Å². The second-order valence-electron chi connectivity index (χ2n) is 5.21. The molecule has 0 heterocycles. The molecule has 3 heteroatoms. The molecule has 0 spiro atoms. The normalized spacial score (nSPS) is 25.6. The molecule has 1 aliphatic carbocycles. The van der Waals surface area contributed by atoms with Gasteiger partial charge in [-0.3, -0.25) is 0 Å². The van der Waals surface area contributed by atoms with Crippen molar-refractivity contribution in [3.05, 3.63) is 28.2 Å². The van der Waals surface area contributed by atoms with Gasteiger partial charge in [0.2, 0.25) is 0 Å². The van der Waals surface area contributed by atoms with Crippen LogP contribution in [0.2, 0.25) is 0 Å². The first-order valence-corrected chi connectivity index (χ1v) is 7.43. The number of hydrogen-bond donors (Lipinski definition) is 1. The lowest BCUT2D eigenvalue weighted by Gasteiger charge is -2.52. The van der Waals surface area contributed by atoms with Gasteiger partial charge < -0.3 is 9.84 Å². The van der Waals surface area contributed by atoms with Crippen molar-refractivity contribution in [2.24, 2.45) is 5.41 Å². The first-order chi connectivity index (χ1) is 8.53. The van der Waals surface area contributed by atoms with Crippen LogP contribution in [-0.4, -0.2) is 17.3 Å². The molecule has 0 amide bonds. The Morgan fingerprint density at radius 1 is 1.39 bits per heavy atom. The predicted molar refractivity (Wildman–Crippen MR) is 76.9 cm³/mol. The highest BCUT2D eigenvalue weighted by atomic mass is 79.9. The predicted octanol–water partition coefficient (Wildman–Crippen LogP) is 4.08. The van der Waals surface area contributed by atoms with E-state index in [2.05, 4.69) is 42.8 Å². The third kappa shape index (κ3) is 2.19. The Kier molecular flexibility index (Phi) is 4.02. The Labute approximate surface area is 117 Å². The number of ether oxygens (including phenoxy) is 1. The fourth-order valence-electron chi connectivity index (χ4n) is 2.97.